The van der Waals surface area contributed by atoms with Crippen LogP contribution >= 0.6 is 23.4 Å². The van der Waals surface area contributed by atoms with Gasteiger partial charge in [-0.1, -0.05) is 28.9 Å². The van der Waals surface area contributed by atoms with E-state index in [-0.39, 0.29) is 17.6 Å². The van der Waals surface area contributed by atoms with Crippen LogP contribution in [0.3, 0.4) is 0 Å². The summed E-state index contributed by atoms with van der Waals surface area (Å²) in [6, 6.07) is 13.6. The second kappa shape index (κ2) is 9.38. The predicted molar refractivity (Wildman–Crippen MR) is 110 cm³/mol. The standard InChI is InChI=1S/C19H17ClN4O3S/c1-12-21-17(24-27-12)10-28-11-18(25)23-16-5-3-2-4-15(16)19(26)22-14-8-6-13(20)7-9-14/h2-9H,10-11H2,1H3,(H,22,26)(H,23,25). The topological polar surface area (TPSA) is 97.1 Å². The minimum Gasteiger partial charge on any atom is -0.340 e. The van der Waals surface area contributed by atoms with Gasteiger partial charge in [0.05, 0.1) is 22.8 Å². The van der Waals surface area contributed by atoms with Crippen LogP contribution in [0.25, 0.3) is 0 Å². The van der Waals surface area contributed by atoms with Crippen molar-refractivity contribution in [1.82, 2.24) is 10.1 Å². The molecule has 28 heavy (non-hydrogen) atoms. The molecule has 2 amide bonds. The molecule has 3 aromatic rings. The minimum atomic E-state index is -0.326. The first-order valence-corrected chi connectivity index (χ1v) is 9.87. The summed E-state index contributed by atoms with van der Waals surface area (Å²) in [7, 11) is 0. The number of thioether (sulfide) groups is 1. The summed E-state index contributed by atoms with van der Waals surface area (Å²) in [4.78, 5) is 28.9. The van der Waals surface area contributed by atoms with Crippen LogP contribution in [0.5, 0.6) is 0 Å². The molecule has 9 heteroatoms. The van der Waals surface area contributed by atoms with Gasteiger partial charge in [-0.2, -0.15) is 4.98 Å². The lowest BCUT2D eigenvalue weighted by Gasteiger charge is -2.11. The van der Waals surface area contributed by atoms with Crippen LogP contribution in [0, 0.1) is 6.92 Å². The zero-order chi connectivity index (χ0) is 19.9. The van der Waals surface area contributed by atoms with E-state index in [4.69, 9.17) is 16.1 Å². The van der Waals surface area contributed by atoms with Crippen molar-refractivity contribution in [2.24, 2.45) is 0 Å². The number of rotatable bonds is 7. The Kier molecular flexibility index (Phi) is 6.67. The summed E-state index contributed by atoms with van der Waals surface area (Å²) >= 11 is 7.21. The van der Waals surface area contributed by atoms with E-state index in [1.54, 1.807) is 55.5 Å². The van der Waals surface area contributed by atoms with Crippen LogP contribution in [-0.4, -0.2) is 27.7 Å². The Bertz CT molecular complexity index is 975. The first kappa shape index (κ1) is 19.9. The van der Waals surface area contributed by atoms with E-state index in [1.165, 1.54) is 11.8 Å². The number of anilines is 2. The van der Waals surface area contributed by atoms with Gasteiger partial charge >= 0.3 is 0 Å². The maximum Gasteiger partial charge on any atom is 0.257 e. The summed E-state index contributed by atoms with van der Waals surface area (Å²) in [5.74, 6) is 1.13. The summed E-state index contributed by atoms with van der Waals surface area (Å²) in [5.41, 5.74) is 1.42. The van der Waals surface area contributed by atoms with Gasteiger partial charge in [0, 0.05) is 17.6 Å². The lowest BCUT2D eigenvalue weighted by molar-refractivity contribution is -0.113. The minimum absolute atomic E-state index is 0.195. The van der Waals surface area contributed by atoms with Crippen LogP contribution in [0.2, 0.25) is 5.02 Å². The molecule has 0 fully saturated rings. The number of halogens is 1. The zero-order valence-corrected chi connectivity index (χ0v) is 16.5. The molecule has 2 aromatic carbocycles. The number of para-hydroxylation sites is 1. The molecule has 0 saturated carbocycles. The van der Waals surface area contributed by atoms with Crippen molar-refractivity contribution < 1.29 is 14.1 Å². The lowest BCUT2D eigenvalue weighted by Crippen LogP contribution is -2.19. The van der Waals surface area contributed by atoms with Gasteiger partial charge in [-0.3, -0.25) is 9.59 Å². The summed E-state index contributed by atoms with van der Waals surface area (Å²) in [5, 5.41) is 9.92. The summed E-state index contributed by atoms with van der Waals surface area (Å²) in [6.45, 7) is 1.71. The van der Waals surface area contributed by atoms with Crippen LogP contribution < -0.4 is 10.6 Å². The van der Waals surface area contributed by atoms with E-state index in [1.807, 2.05) is 0 Å². The van der Waals surface area contributed by atoms with Gasteiger partial charge in [-0.15, -0.1) is 11.8 Å². The Hall–Kier alpha value is -2.84. The Morgan fingerprint density at radius 2 is 1.86 bits per heavy atom. The highest BCUT2D eigenvalue weighted by molar-refractivity contribution is 7.99. The quantitative estimate of drug-likeness (QED) is 0.600. The maximum absolute atomic E-state index is 12.6. The number of nitrogens with one attached hydrogen (secondary N) is 2. The molecule has 0 unspecified atom stereocenters. The Morgan fingerprint density at radius 1 is 1.11 bits per heavy atom. The van der Waals surface area contributed by atoms with E-state index in [0.717, 1.165) is 0 Å². The van der Waals surface area contributed by atoms with Crippen LogP contribution in [0.4, 0.5) is 11.4 Å². The second-order valence-corrected chi connectivity index (χ2v) is 7.20. The Balaban J connectivity index is 1.58. The number of aromatic nitrogens is 2. The van der Waals surface area contributed by atoms with Crippen LogP contribution in [0.15, 0.2) is 53.1 Å². The van der Waals surface area contributed by atoms with E-state index < -0.39 is 0 Å². The number of amides is 2. The molecule has 0 aliphatic carbocycles. The number of nitrogens with zero attached hydrogens (tertiary/aromatic N) is 2. The van der Waals surface area contributed by atoms with Crippen molar-refractivity contribution in [3.63, 3.8) is 0 Å². The molecule has 0 radical (unpaired) electrons. The molecule has 0 aliphatic heterocycles. The molecule has 144 valence electrons. The normalized spacial score (nSPS) is 10.5. The molecule has 0 bridgehead atoms. The SMILES string of the molecule is Cc1nc(CSCC(=O)Nc2ccccc2C(=O)Nc2ccc(Cl)cc2)no1. The number of benzene rings is 2. The van der Waals surface area contributed by atoms with E-state index in [0.29, 0.717) is 39.4 Å². The number of aryl methyl sites for hydroxylation is 1. The van der Waals surface area contributed by atoms with Crippen molar-refractivity contribution in [3.05, 3.63) is 70.8 Å². The monoisotopic (exact) mass is 416 g/mol. The third-order valence-electron chi connectivity index (χ3n) is 3.58. The van der Waals surface area contributed by atoms with Gasteiger partial charge in [-0.05, 0) is 36.4 Å². The smallest absolute Gasteiger partial charge is 0.257 e. The van der Waals surface area contributed by atoms with E-state index in [9.17, 15) is 9.59 Å². The molecule has 1 aromatic heterocycles. The molecule has 0 atom stereocenters. The highest BCUT2D eigenvalue weighted by atomic mass is 35.5. The van der Waals surface area contributed by atoms with Gasteiger partial charge in [0.25, 0.3) is 5.91 Å². The fraction of sp³-hybridized carbons (Fsp3) is 0.158. The molecule has 7 nitrogen and oxygen atoms in total. The van der Waals surface area contributed by atoms with Gasteiger partial charge in [0.1, 0.15) is 0 Å². The van der Waals surface area contributed by atoms with Gasteiger partial charge < -0.3 is 15.2 Å². The summed E-state index contributed by atoms with van der Waals surface area (Å²) < 4.78 is 4.89. The molecular weight excluding hydrogens is 400 g/mol. The maximum atomic E-state index is 12.6. The first-order valence-electron chi connectivity index (χ1n) is 8.34. The second-order valence-electron chi connectivity index (χ2n) is 5.78. The fourth-order valence-corrected chi connectivity index (χ4v) is 3.13. The fourth-order valence-electron chi connectivity index (χ4n) is 2.34. The summed E-state index contributed by atoms with van der Waals surface area (Å²) in [6.07, 6.45) is 0. The lowest BCUT2D eigenvalue weighted by atomic mass is 10.1. The third kappa shape index (κ3) is 5.58. The molecule has 1 heterocycles. The number of carbonyl (C=O) groups excluding carboxylic acids is 2. The average molecular weight is 417 g/mol. The zero-order valence-electron chi connectivity index (χ0n) is 14.9. The molecular formula is C19H17ClN4O3S. The average Bonchev–Trinajstić information content (AvgIpc) is 3.09. The van der Waals surface area contributed by atoms with Crippen molar-refractivity contribution in [3.8, 4) is 0 Å². The highest BCUT2D eigenvalue weighted by Crippen LogP contribution is 2.19. The van der Waals surface area contributed by atoms with E-state index >= 15 is 0 Å². The van der Waals surface area contributed by atoms with Gasteiger partial charge in [-0.25, -0.2) is 0 Å². The predicted octanol–water partition coefficient (Wildman–Crippen LogP) is 4.16. The number of hydrogen-bond acceptors (Lipinski definition) is 6. The Morgan fingerprint density at radius 3 is 2.57 bits per heavy atom. The van der Waals surface area contributed by atoms with E-state index in [2.05, 4.69) is 20.8 Å². The van der Waals surface area contributed by atoms with Crippen molar-refractivity contribution >= 4 is 46.6 Å². The molecule has 0 aliphatic rings. The molecule has 0 spiro atoms. The van der Waals surface area contributed by atoms with Crippen LogP contribution in [0.1, 0.15) is 22.1 Å². The molecule has 2 N–H and O–H groups in total. The first-order chi connectivity index (χ1) is 13.5. The van der Waals surface area contributed by atoms with Crippen molar-refractivity contribution in [2.45, 2.75) is 12.7 Å². The Labute approximate surface area is 170 Å². The van der Waals surface area contributed by atoms with Gasteiger partial charge in [0.15, 0.2) is 5.82 Å². The molecule has 3 rings (SSSR count). The molecule has 0 saturated heterocycles. The number of carbonyl (C=O) groups is 2. The van der Waals surface area contributed by atoms with Gasteiger partial charge in [0.2, 0.25) is 11.8 Å². The largest absolute Gasteiger partial charge is 0.340 e. The van der Waals surface area contributed by atoms with Crippen LogP contribution in [-0.2, 0) is 10.5 Å². The number of hydrogen-bond donors (Lipinski definition) is 2. The van der Waals surface area contributed by atoms with Crippen molar-refractivity contribution in [1.29, 1.82) is 0 Å². The highest BCUT2D eigenvalue weighted by Gasteiger charge is 2.14. The third-order valence-corrected chi connectivity index (χ3v) is 4.76. The van der Waals surface area contributed by atoms with Crippen molar-refractivity contribution in [2.75, 3.05) is 16.4 Å².